The Kier molecular flexibility index (Phi) is 6.16. The average molecular weight is 496 g/mol. The fraction of sp³-hybridized carbons (Fsp3) is 0.280. The molecule has 4 aromatic rings. The smallest absolute Gasteiger partial charge is 0.243 e. The predicted molar refractivity (Wildman–Crippen MR) is 134 cm³/mol. The van der Waals surface area contributed by atoms with Crippen LogP contribution < -0.4 is 0 Å². The molecule has 34 heavy (non-hydrogen) atoms. The standard InChI is InChI=1S/C25H26ClN5O2S/c1-18-6-3-7-20(16-18)31-24(28-22-9-5-11-27-25(22)31)17-29-12-14-30(15-13-29)34(32,33)23-10-4-8-21(26)19(23)2/h3-11,16H,12-15,17H2,1-2H3. The molecule has 5 rings (SSSR count). The van der Waals surface area contributed by atoms with E-state index in [1.54, 1.807) is 35.6 Å². The molecule has 0 aliphatic carbocycles. The number of hydrogen-bond acceptors (Lipinski definition) is 5. The lowest BCUT2D eigenvalue weighted by molar-refractivity contribution is 0.177. The minimum atomic E-state index is -3.60. The van der Waals surface area contributed by atoms with Gasteiger partial charge in [0.2, 0.25) is 10.0 Å². The van der Waals surface area contributed by atoms with Gasteiger partial charge in [0, 0.05) is 43.1 Å². The topological polar surface area (TPSA) is 71.3 Å². The maximum Gasteiger partial charge on any atom is 0.243 e. The summed E-state index contributed by atoms with van der Waals surface area (Å²) in [6.45, 7) is 6.47. The van der Waals surface area contributed by atoms with Crippen LogP contribution in [0.4, 0.5) is 0 Å². The Morgan fingerprint density at radius 2 is 1.74 bits per heavy atom. The minimum Gasteiger partial charge on any atom is -0.293 e. The van der Waals surface area contributed by atoms with E-state index in [0.29, 0.717) is 43.3 Å². The van der Waals surface area contributed by atoms with E-state index in [0.717, 1.165) is 28.2 Å². The van der Waals surface area contributed by atoms with Gasteiger partial charge in [-0.05, 0) is 61.4 Å². The first kappa shape index (κ1) is 23.0. The van der Waals surface area contributed by atoms with Crippen LogP contribution in [-0.2, 0) is 16.6 Å². The fourth-order valence-electron chi connectivity index (χ4n) is 4.44. The molecule has 7 nitrogen and oxygen atoms in total. The van der Waals surface area contributed by atoms with Crippen molar-refractivity contribution in [3.63, 3.8) is 0 Å². The van der Waals surface area contributed by atoms with Crippen LogP contribution in [0.15, 0.2) is 65.7 Å². The largest absolute Gasteiger partial charge is 0.293 e. The molecule has 0 unspecified atom stereocenters. The number of sulfonamides is 1. The number of fused-ring (bicyclic) bond motifs is 1. The zero-order chi connectivity index (χ0) is 23.9. The van der Waals surface area contributed by atoms with Crippen LogP contribution >= 0.6 is 11.6 Å². The molecule has 1 aliphatic heterocycles. The van der Waals surface area contributed by atoms with E-state index in [9.17, 15) is 8.42 Å². The van der Waals surface area contributed by atoms with Gasteiger partial charge in [-0.3, -0.25) is 9.47 Å². The van der Waals surface area contributed by atoms with Crippen LogP contribution in [-0.4, -0.2) is 58.3 Å². The molecule has 1 aliphatic rings. The molecule has 3 heterocycles. The van der Waals surface area contributed by atoms with Crippen molar-refractivity contribution in [3.05, 3.63) is 82.8 Å². The lowest BCUT2D eigenvalue weighted by Gasteiger charge is -2.34. The molecule has 2 aromatic carbocycles. The van der Waals surface area contributed by atoms with Crippen molar-refractivity contribution in [2.24, 2.45) is 0 Å². The molecule has 0 radical (unpaired) electrons. The van der Waals surface area contributed by atoms with Crippen molar-refractivity contribution in [3.8, 4) is 5.69 Å². The number of benzene rings is 2. The molecule has 0 N–H and O–H groups in total. The summed E-state index contributed by atoms with van der Waals surface area (Å²) in [6, 6.07) is 17.2. The highest BCUT2D eigenvalue weighted by atomic mass is 35.5. The molecule has 1 fully saturated rings. The number of aromatic nitrogens is 3. The Balaban J connectivity index is 1.38. The number of rotatable bonds is 5. The van der Waals surface area contributed by atoms with E-state index in [-0.39, 0.29) is 4.90 Å². The SMILES string of the molecule is Cc1cccc(-n2c(CN3CCN(S(=O)(=O)c4cccc(Cl)c4C)CC3)nc3cccnc32)c1. The molecular formula is C25H26ClN5O2S. The van der Waals surface area contributed by atoms with E-state index >= 15 is 0 Å². The van der Waals surface area contributed by atoms with Gasteiger partial charge in [0.25, 0.3) is 0 Å². The summed E-state index contributed by atoms with van der Waals surface area (Å²) < 4.78 is 30.1. The Hall–Kier alpha value is -2.78. The highest BCUT2D eigenvalue weighted by Crippen LogP contribution is 2.27. The molecule has 1 saturated heterocycles. The number of pyridine rings is 1. The van der Waals surface area contributed by atoms with E-state index < -0.39 is 10.0 Å². The average Bonchev–Trinajstić information content (AvgIpc) is 3.19. The van der Waals surface area contributed by atoms with Crippen LogP contribution in [0.25, 0.3) is 16.9 Å². The second-order valence-electron chi connectivity index (χ2n) is 8.59. The monoisotopic (exact) mass is 495 g/mol. The number of piperazine rings is 1. The highest BCUT2D eigenvalue weighted by Gasteiger charge is 2.30. The van der Waals surface area contributed by atoms with Crippen LogP contribution in [0.3, 0.4) is 0 Å². The van der Waals surface area contributed by atoms with Gasteiger partial charge >= 0.3 is 0 Å². The number of imidazole rings is 1. The lowest BCUT2D eigenvalue weighted by Crippen LogP contribution is -2.48. The normalized spacial score (nSPS) is 15.7. The molecule has 9 heteroatoms. The first-order valence-corrected chi connectivity index (χ1v) is 13.0. The van der Waals surface area contributed by atoms with Crippen molar-refractivity contribution < 1.29 is 8.42 Å². The van der Waals surface area contributed by atoms with Crippen molar-refractivity contribution >= 4 is 32.8 Å². The van der Waals surface area contributed by atoms with Gasteiger partial charge in [0.05, 0.1) is 11.4 Å². The lowest BCUT2D eigenvalue weighted by atomic mass is 10.2. The Morgan fingerprint density at radius 3 is 2.50 bits per heavy atom. The third kappa shape index (κ3) is 4.22. The predicted octanol–water partition coefficient (Wildman–Crippen LogP) is 4.20. The molecule has 0 bridgehead atoms. The zero-order valence-corrected chi connectivity index (χ0v) is 20.7. The third-order valence-corrected chi connectivity index (χ3v) is 8.73. The fourth-order valence-corrected chi connectivity index (χ4v) is 6.34. The van der Waals surface area contributed by atoms with Gasteiger partial charge in [0.1, 0.15) is 11.3 Å². The number of halogens is 1. The van der Waals surface area contributed by atoms with E-state index in [2.05, 4.69) is 39.6 Å². The molecular weight excluding hydrogens is 470 g/mol. The summed E-state index contributed by atoms with van der Waals surface area (Å²) in [6.07, 6.45) is 1.78. The van der Waals surface area contributed by atoms with E-state index in [1.807, 2.05) is 18.2 Å². The molecule has 0 amide bonds. The van der Waals surface area contributed by atoms with Crippen molar-refractivity contribution in [2.75, 3.05) is 26.2 Å². The Labute approximate surface area is 204 Å². The van der Waals surface area contributed by atoms with Gasteiger partial charge in [-0.25, -0.2) is 18.4 Å². The molecule has 0 atom stereocenters. The Morgan fingerprint density at radius 1 is 0.971 bits per heavy atom. The van der Waals surface area contributed by atoms with Crippen LogP contribution in [0.5, 0.6) is 0 Å². The first-order chi connectivity index (χ1) is 16.3. The summed E-state index contributed by atoms with van der Waals surface area (Å²) in [7, 11) is -3.60. The van der Waals surface area contributed by atoms with Gasteiger partial charge in [-0.1, -0.05) is 29.8 Å². The van der Waals surface area contributed by atoms with Crippen molar-refractivity contribution in [2.45, 2.75) is 25.3 Å². The van der Waals surface area contributed by atoms with Crippen molar-refractivity contribution in [1.29, 1.82) is 0 Å². The zero-order valence-electron chi connectivity index (χ0n) is 19.1. The van der Waals surface area contributed by atoms with Gasteiger partial charge in [-0.15, -0.1) is 0 Å². The van der Waals surface area contributed by atoms with Crippen LogP contribution in [0.2, 0.25) is 5.02 Å². The maximum absolute atomic E-state index is 13.2. The summed E-state index contributed by atoms with van der Waals surface area (Å²) in [5.74, 6) is 0.890. The van der Waals surface area contributed by atoms with Crippen LogP contribution in [0, 0.1) is 13.8 Å². The second kappa shape index (κ2) is 9.11. The highest BCUT2D eigenvalue weighted by molar-refractivity contribution is 7.89. The van der Waals surface area contributed by atoms with E-state index in [4.69, 9.17) is 16.6 Å². The van der Waals surface area contributed by atoms with Crippen molar-refractivity contribution in [1.82, 2.24) is 23.7 Å². The van der Waals surface area contributed by atoms with Gasteiger partial charge in [0.15, 0.2) is 5.65 Å². The maximum atomic E-state index is 13.2. The summed E-state index contributed by atoms with van der Waals surface area (Å²) in [5, 5.41) is 0.461. The number of aryl methyl sites for hydroxylation is 1. The first-order valence-electron chi connectivity index (χ1n) is 11.2. The molecule has 2 aromatic heterocycles. The summed E-state index contributed by atoms with van der Waals surface area (Å²) in [5.41, 5.74) is 4.44. The number of hydrogen-bond donors (Lipinski definition) is 0. The third-order valence-electron chi connectivity index (χ3n) is 6.28. The molecule has 0 saturated carbocycles. The summed E-state index contributed by atoms with van der Waals surface area (Å²) in [4.78, 5) is 12.0. The van der Waals surface area contributed by atoms with Gasteiger partial charge in [-0.2, -0.15) is 4.31 Å². The molecule has 0 spiro atoms. The number of nitrogens with zero attached hydrogens (tertiary/aromatic N) is 5. The second-order valence-corrected chi connectivity index (χ2v) is 10.9. The van der Waals surface area contributed by atoms with Gasteiger partial charge < -0.3 is 0 Å². The minimum absolute atomic E-state index is 0.278. The van der Waals surface area contributed by atoms with E-state index in [1.165, 1.54) is 0 Å². The van der Waals surface area contributed by atoms with Crippen LogP contribution in [0.1, 0.15) is 17.0 Å². The quantitative estimate of drug-likeness (QED) is 0.415. The summed E-state index contributed by atoms with van der Waals surface area (Å²) >= 11 is 6.18. The Bertz CT molecular complexity index is 1460. The molecule has 176 valence electrons.